The number of benzene rings is 11. The molecule has 0 radical (unpaired) electrons. The number of para-hydroxylation sites is 4. The molecule has 0 amide bonds. The van der Waals surface area contributed by atoms with Crippen LogP contribution in [0.3, 0.4) is 0 Å². The SMILES string of the molecule is C=C(/N=C(\C=C(/N)c1ccccc1)c1ccccc1)c1cc(-c2nc(-c3ccccc3)cc(-c3ccccc3)n2)nc(N2c3ccc(-c4ccc5c(c4)c4ccccc4n5-c4ccccc4)cc3C3C=C(c4ccc5c(c4)c4ccccc4n5-c4ccccc4)C=CC32)n1. The summed E-state index contributed by atoms with van der Waals surface area (Å²) in [5, 5.41) is 4.78. The summed E-state index contributed by atoms with van der Waals surface area (Å²) < 4.78 is 4.73. The van der Waals surface area contributed by atoms with Gasteiger partial charge in [0.15, 0.2) is 5.82 Å². The maximum absolute atomic E-state index is 6.91. The van der Waals surface area contributed by atoms with Gasteiger partial charge in [-0.05, 0) is 124 Å². The van der Waals surface area contributed by atoms with Gasteiger partial charge in [-0.15, -0.1) is 0 Å². The fraction of sp³-hybridized carbons (Fsp3) is 0.0235. The van der Waals surface area contributed by atoms with Gasteiger partial charge in [0, 0.05) is 66.9 Å². The van der Waals surface area contributed by atoms with Gasteiger partial charge >= 0.3 is 0 Å². The molecule has 2 unspecified atom stereocenters. The molecule has 1 aliphatic carbocycles. The number of nitrogens with zero attached hydrogens (tertiary/aromatic N) is 8. The highest BCUT2D eigenvalue weighted by Gasteiger charge is 2.41. The maximum Gasteiger partial charge on any atom is 0.231 e. The minimum absolute atomic E-state index is 0.143. The number of fused-ring (bicyclic) bond motifs is 9. The van der Waals surface area contributed by atoms with Crippen molar-refractivity contribution in [1.29, 1.82) is 0 Å². The van der Waals surface area contributed by atoms with Gasteiger partial charge in [-0.2, -0.15) is 0 Å². The van der Waals surface area contributed by atoms with Crippen LogP contribution in [0.4, 0.5) is 11.6 Å². The summed E-state index contributed by atoms with van der Waals surface area (Å²) in [5.41, 5.74) is 28.2. The van der Waals surface area contributed by atoms with Gasteiger partial charge in [0.2, 0.25) is 5.95 Å². The fourth-order valence-corrected chi connectivity index (χ4v) is 13.8. The Morgan fingerprint density at radius 1 is 0.426 bits per heavy atom. The van der Waals surface area contributed by atoms with E-state index in [2.05, 4.69) is 220 Å². The van der Waals surface area contributed by atoms with Crippen LogP contribution in [0.15, 0.2) is 333 Å². The number of aromatic nitrogens is 6. The normalized spacial score (nSPS) is 14.6. The van der Waals surface area contributed by atoms with E-state index in [0.717, 1.165) is 101 Å². The summed E-state index contributed by atoms with van der Waals surface area (Å²) in [6.07, 6.45) is 8.96. The van der Waals surface area contributed by atoms with Crippen molar-refractivity contribution >= 4 is 77.9 Å². The number of aliphatic imine (C=N–C) groups is 1. The van der Waals surface area contributed by atoms with Crippen LogP contribution in [0.25, 0.3) is 117 Å². The zero-order valence-corrected chi connectivity index (χ0v) is 51.1. The van der Waals surface area contributed by atoms with Gasteiger partial charge in [-0.3, -0.25) is 0 Å². The molecular formula is C85H59N9. The second kappa shape index (κ2) is 23.3. The summed E-state index contributed by atoms with van der Waals surface area (Å²) >= 11 is 0. The van der Waals surface area contributed by atoms with Gasteiger partial charge in [-0.1, -0.05) is 237 Å². The lowest BCUT2D eigenvalue weighted by Gasteiger charge is -2.28. The third-order valence-electron chi connectivity index (χ3n) is 18.2. The van der Waals surface area contributed by atoms with E-state index in [0.29, 0.717) is 40.3 Å². The Labute approximate surface area is 544 Å². The van der Waals surface area contributed by atoms with Crippen LogP contribution in [0.1, 0.15) is 33.9 Å². The second-order valence-corrected chi connectivity index (χ2v) is 23.9. The quantitative estimate of drug-likeness (QED) is 0.115. The first-order chi connectivity index (χ1) is 46.4. The monoisotopic (exact) mass is 1210 g/mol. The Morgan fingerprint density at radius 2 is 0.915 bits per heavy atom. The number of hydrogen-bond acceptors (Lipinski definition) is 7. The predicted octanol–water partition coefficient (Wildman–Crippen LogP) is 19.8. The first-order valence-corrected chi connectivity index (χ1v) is 31.7. The van der Waals surface area contributed by atoms with Crippen LogP contribution in [0.2, 0.25) is 0 Å². The van der Waals surface area contributed by atoms with E-state index in [1.54, 1.807) is 0 Å². The highest BCUT2D eigenvalue weighted by atomic mass is 15.3. The molecule has 9 heteroatoms. The van der Waals surface area contributed by atoms with E-state index in [1.165, 1.54) is 21.5 Å². The van der Waals surface area contributed by atoms with E-state index in [-0.39, 0.29) is 12.0 Å². The van der Waals surface area contributed by atoms with Crippen LogP contribution in [0.5, 0.6) is 0 Å². The van der Waals surface area contributed by atoms with Crippen molar-refractivity contribution in [3.63, 3.8) is 0 Å². The maximum atomic E-state index is 6.91. The number of nitrogens with two attached hydrogens (primary N) is 1. The molecule has 0 spiro atoms. The molecule has 0 saturated heterocycles. The molecule has 11 aromatic carbocycles. The Bertz CT molecular complexity index is 5520. The molecule has 2 atom stereocenters. The van der Waals surface area contributed by atoms with Crippen LogP contribution >= 0.6 is 0 Å². The van der Waals surface area contributed by atoms with Gasteiger partial charge < -0.3 is 19.8 Å². The standard InChI is InChI=1S/C85H59N9/c1-55(87-74(57-26-10-3-11-27-57)52-72(86)56-24-8-2-9-25-56)73-53-77(84-88-75(58-28-12-4-13-29-58)54-76(89-84)59-30-14-5-15-31-59)91-85(90-73)94-82-46-42-62(60-40-44-80-68(48-60)66-36-20-22-38-78(66)92(80)64-32-16-6-17-33-64)50-70(82)71-51-63(43-47-83(71)94)61-41-45-81-69(49-61)67-37-21-23-39-79(67)93(81)65-34-18-7-19-35-65/h2-54,70,82H,1,86H2/b72-52-,87-74+. The van der Waals surface area contributed by atoms with Crippen molar-refractivity contribution in [3.05, 3.63) is 356 Å². The van der Waals surface area contributed by atoms with Gasteiger partial charge in [0.1, 0.15) is 5.69 Å². The Kier molecular flexibility index (Phi) is 13.8. The summed E-state index contributed by atoms with van der Waals surface area (Å²) in [4.78, 5) is 29.5. The predicted molar refractivity (Wildman–Crippen MR) is 387 cm³/mol. The first-order valence-electron chi connectivity index (χ1n) is 31.7. The summed E-state index contributed by atoms with van der Waals surface area (Å²) in [7, 11) is 0. The molecule has 94 heavy (non-hydrogen) atoms. The fourth-order valence-electron chi connectivity index (χ4n) is 13.8. The van der Waals surface area contributed by atoms with Crippen LogP contribution in [0, 0.1) is 0 Å². The molecule has 15 aromatic rings. The molecule has 0 bridgehead atoms. The first kappa shape index (κ1) is 55.5. The van der Waals surface area contributed by atoms with E-state index in [4.69, 9.17) is 37.2 Å². The van der Waals surface area contributed by atoms with Gasteiger partial charge in [0.25, 0.3) is 0 Å². The van der Waals surface area contributed by atoms with Crippen LogP contribution < -0.4 is 10.6 Å². The molecule has 9 nitrogen and oxygen atoms in total. The zero-order chi connectivity index (χ0) is 62.6. The largest absolute Gasteiger partial charge is 0.398 e. The van der Waals surface area contributed by atoms with Crippen molar-refractivity contribution in [2.24, 2.45) is 10.7 Å². The van der Waals surface area contributed by atoms with E-state index in [9.17, 15) is 0 Å². The minimum Gasteiger partial charge on any atom is -0.398 e. The second-order valence-electron chi connectivity index (χ2n) is 23.9. The summed E-state index contributed by atoms with van der Waals surface area (Å²) in [6.45, 7) is 4.70. The molecular weight excluding hydrogens is 1150 g/mol. The zero-order valence-electron chi connectivity index (χ0n) is 51.1. The molecule has 17 rings (SSSR count). The lowest BCUT2D eigenvalue weighted by Crippen LogP contribution is -2.30. The highest BCUT2D eigenvalue weighted by Crippen LogP contribution is 2.51. The molecule has 1 aliphatic heterocycles. The highest BCUT2D eigenvalue weighted by molar-refractivity contribution is 6.14. The molecule has 4 aromatic heterocycles. The van der Waals surface area contributed by atoms with Crippen LogP contribution in [-0.2, 0) is 0 Å². The third kappa shape index (κ3) is 9.96. The van der Waals surface area contributed by atoms with Crippen molar-refractivity contribution in [2.75, 3.05) is 4.90 Å². The Hall–Kier alpha value is -12.6. The number of allylic oxidation sites excluding steroid dienone is 3. The van der Waals surface area contributed by atoms with E-state index < -0.39 is 0 Å². The third-order valence-corrected chi connectivity index (χ3v) is 18.2. The minimum atomic E-state index is -0.256. The van der Waals surface area contributed by atoms with Crippen molar-refractivity contribution in [2.45, 2.75) is 12.0 Å². The average Bonchev–Trinajstić information content (AvgIpc) is 1.58. The smallest absolute Gasteiger partial charge is 0.231 e. The molecule has 0 fully saturated rings. The lowest BCUT2D eigenvalue weighted by atomic mass is 9.85. The molecule has 0 saturated carbocycles. The lowest BCUT2D eigenvalue weighted by molar-refractivity contribution is 0.731. The van der Waals surface area contributed by atoms with Gasteiger partial charge in [-0.25, -0.2) is 24.9 Å². The van der Waals surface area contributed by atoms with E-state index in [1.807, 2.05) is 115 Å². The van der Waals surface area contributed by atoms with E-state index >= 15 is 0 Å². The number of rotatable bonds is 13. The summed E-state index contributed by atoms with van der Waals surface area (Å²) in [5.74, 6) is 0.738. The molecule has 2 aliphatic rings. The molecule has 5 heterocycles. The van der Waals surface area contributed by atoms with Crippen LogP contribution in [-0.4, -0.2) is 40.8 Å². The molecule has 2 N–H and O–H groups in total. The van der Waals surface area contributed by atoms with Crippen molar-refractivity contribution < 1.29 is 0 Å². The van der Waals surface area contributed by atoms with Gasteiger partial charge in [0.05, 0.1) is 56.6 Å². The Balaban J connectivity index is 0.859. The van der Waals surface area contributed by atoms with Crippen molar-refractivity contribution in [3.8, 4) is 56.5 Å². The Morgan fingerprint density at radius 3 is 1.51 bits per heavy atom. The topological polar surface area (TPSA) is 103 Å². The molecule has 444 valence electrons. The summed E-state index contributed by atoms with van der Waals surface area (Å²) in [6, 6.07) is 103. The number of anilines is 2. The van der Waals surface area contributed by atoms with Crippen molar-refractivity contribution in [1.82, 2.24) is 29.1 Å². The number of hydrogen-bond donors (Lipinski definition) is 1. The average molecular weight is 1210 g/mol.